The summed E-state index contributed by atoms with van der Waals surface area (Å²) in [5.74, 6) is -2.71. The highest BCUT2D eigenvalue weighted by atomic mass is 35.5. The van der Waals surface area contributed by atoms with E-state index in [-0.39, 0.29) is 28.1 Å². The fourth-order valence-electron chi connectivity index (χ4n) is 4.38. The molecule has 1 saturated carbocycles. The van der Waals surface area contributed by atoms with Crippen LogP contribution in [0.25, 0.3) is 0 Å². The van der Waals surface area contributed by atoms with Gasteiger partial charge in [-0.2, -0.15) is 0 Å². The second-order valence-electron chi connectivity index (χ2n) is 8.65. The molecule has 4 atom stereocenters. The van der Waals surface area contributed by atoms with Gasteiger partial charge < -0.3 is 10.1 Å². The lowest BCUT2D eigenvalue weighted by Gasteiger charge is -2.28. The van der Waals surface area contributed by atoms with Gasteiger partial charge in [0.25, 0.3) is 5.91 Å². The zero-order valence-electron chi connectivity index (χ0n) is 18.7. The molecule has 2 aromatic carbocycles. The van der Waals surface area contributed by atoms with Crippen molar-refractivity contribution in [2.75, 3.05) is 16.8 Å². The predicted molar refractivity (Wildman–Crippen MR) is 129 cm³/mol. The molecule has 7 nitrogen and oxygen atoms in total. The first-order chi connectivity index (χ1) is 16.2. The number of aryl methyl sites for hydroxylation is 1. The monoisotopic (exact) mass is 502 g/mol. The number of nitrogens with one attached hydrogen (secondary N) is 1. The molecule has 34 heavy (non-hydrogen) atoms. The number of hydrogen-bond donors (Lipinski definition) is 1. The highest BCUT2D eigenvalue weighted by Crippen LogP contribution is 2.43. The molecular formula is C25H24Cl2N2O5. The SMILES string of the molecule is Cc1cccc(NC(=O)COC(=O)c2ccc(N3C(=O)[C@H]4C[C@@H](Cl)[C@@H](Cl)C[C@H]4C3=O)cc2)c1C. The van der Waals surface area contributed by atoms with Crippen LogP contribution in [-0.4, -0.2) is 41.1 Å². The highest BCUT2D eigenvalue weighted by Gasteiger charge is 2.52. The number of carbonyl (C=O) groups excluding carboxylic acids is 4. The molecule has 1 N–H and O–H groups in total. The van der Waals surface area contributed by atoms with Gasteiger partial charge in [0.05, 0.1) is 33.8 Å². The summed E-state index contributed by atoms with van der Waals surface area (Å²) in [6, 6.07) is 11.5. The molecule has 178 valence electrons. The van der Waals surface area contributed by atoms with Gasteiger partial charge in [0.15, 0.2) is 6.61 Å². The fraction of sp³-hybridized carbons (Fsp3) is 0.360. The first-order valence-electron chi connectivity index (χ1n) is 11.0. The number of alkyl halides is 2. The third-order valence-corrected chi connectivity index (χ3v) is 7.58. The van der Waals surface area contributed by atoms with Gasteiger partial charge in [-0.15, -0.1) is 23.2 Å². The molecule has 9 heteroatoms. The smallest absolute Gasteiger partial charge is 0.338 e. The second kappa shape index (κ2) is 9.76. The van der Waals surface area contributed by atoms with Crippen molar-refractivity contribution in [2.24, 2.45) is 11.8 Å². The lowest BCUT2D eigenvalue weighted by atomic mass is 9.80. The number of carbonyl (C=O) groups is 4. The lowest BCUT2D eigenvalue weighted by molar-refractivity contribution is -0.122. The average molecular weight is 503 g/mol. The van der Waals surface area contributed by atoms with Crippen LogP contribution in [0.3, 0.4) is 0 Å². The maximum absolute atomic E-state index is 12.9. The Hall–Kier alpha value is -2.90. The molecule has 2 fully saturated rings. The van der Waals surface area contributed by atoms with Crippen LogP contribution in [-0.2, 0) is 19.1 Å². The van der Waals surface area contributed by atoms with E-state index in [4.69, 9.17) is 27.9 Å². The first kappa shape index (κ1) is 24.2. The number of imide groups is 1. The molecule has 1 aliphatic heterocycles. The van der Waals surface area contributed by atoms with Crippen molar-refractivity contribution >= 4 is 58.3 Å². The van der Waals surface area contributed by atoms with Crippen LogP contribution in [0.5, 0.6) is 0 Å². The molecule has 3 amide bonds. The van der Waals surface area contributed by atoms with E-state index in [9.17, 15) is 19.2 Å². The normalized spacial score (nSPS) is 24.1. The Morgan fingerprint density at radius 3 is 2.15 bits per heavy atom. The van der Waals surface area contributed by atoms with Gasteiger partial charge in [-0.25, -0.2) is 4.79 Å². The molecule has 0 unspecified atom stereocenters. The Kier molecular flexibility index (Phi) is 6.96. The summed E-state index contributed by atoms with van der Waals surface area (Å²) in [6.07, 6.45) is 0.714. The Balaban J connectivity index is 1.37. The number of benzene rings is 2. The van der Waals surface area contributed by atoms with E-state index in [1.165, 1.54) is 24.3 Å². The number of fused-ring (bicyclic) bond motifs is 1. The van der Waals surface area contributed by atoms with Crippen LogP contribution in [0.15, 0.2) is 42.5 Å². The van der Waals surface area contributed by atoms with E-state index in [0.29, 0.717) is 24.2 Å². The van der Waals surface area contributed by atoms with Crippen LogP contribution in [0.4, 0.5) is 11.4 Å². The number of esters is 1. The Bertz CT molecular complexity index is 1120. The molecule has 0 bridgehead atoms. The van der Waals surface area contributed by atoms with E-state index in [0.717, 1.165) is 16.0 Å². The Morgan fingerprint density at radius 1 is 0.971 bits per heavy atom. The summed E-state index contributed by atoms with van der Waals surface area (Å²) in [6.45, 7) is 3.39. The van der Waals surface area contributed by atoms with Gasteiger partial charge in [0.2, 0.25) is 11.8 Å². The molecule has 1 aliphatic carbocycles. The minimum atomic E-state index is -0.689. The van der Waals surface area contributed by atoms with Crippen molar-refractivity contribution in [2.45, 2.75) is 37.4 Å². The van der Waals surface area contributed by atoms with E-state index >= 15 is 0 Å². The quantitative estimate of drug-likeness (QED) is 0.375. The number of ether oxygens (including phenoxy) is 1. The van der Waals surface area contributed by atoms with Crippen LogP contribution < -0.4 is 10.2 Å². The van der Waals surface area contributed by atoms with Gasteiger partial charge >= 0.3 is 5.97 Å². The van der Waals surface area contributed by atoms with Gasteiger partial charge in [-0.1, -0.05) is 12.1 Å². The van der Waals surface area contributed by atoms with E-state index in [1.807, 2.05) is 26.0 Å². The van der Waals surface area contributed by atoms with Crippen molar-refractivity contribution in [1.29, 1.82) is 0 Å². The van der Waals surface area contributed by atoms with Crippen molar-refractivity contribution in [3.8, 4) is 0 Å². The molecule has 1 heterocycles. The number of amides is 3. The topological polar surface area (TPSA) is 92.8 Å². The fourth-order valence-corrected chi connectivity index (χ4v) is 4.97. The van der Waals surface area contributed by atoms with Crippen molar-refractivity contribution < 1.29 is 23.9 Å². The lowest BCUT2D eigenvalue weighted by Crippen LogP contribution is -2.34. The molecule has 2 aromatic rings. The number of nitrogens with zero attached hydrogens (tertiary/aromatic N) is 1. The average Bonchev–Trinajstić information content (AvgIpc) is 3.05. The molecule has 0 spiro atoms. The molecule has 1 saturated heterocycles. The summed E-state index contributed by atoms with van der Waals surface area (Å²) >= 11 is 12.4. The van der Waals surface area contributed by atoms with Gasteiger partial charge in [0, 0.05) is 5.69 Å². The number of halogens is 2. The third kappa shape index (κ3) is 4.68. The third-order valence-electron chi connectivity index (χ3n) is 6.49. The molecule has 4 rings (SSSR count). The van der Waals surface area contributed by atoms with Crippen molar-refractivity contribution in [1.82, 2.24) is 0 Å². The molecule has 2 aliphatic rings. The van der Waals surface area contributed by atoms with Crippen LogP contribution in [0, 0.1) is 25.7 Å². The summed E-state index contributed by atoms with van der Waals surface area (Å²) in [5, 5.41) is 2.01. The maximum atomic E-state index is 12.9. The van der Waals surface area contributed by atoms with Crippen LogP contribution >= 0.6 is 23.2 Å². The summed E-state index contributed by atoms with van der Waals surface area (Å²) in [4.78, 5) is 51.4. The number of hydrogen-bond acceptors (Lipinski definition) is 5. The predicted octanol–water partition coefficient (Wildman–Crippen LogP) is 4.21. The van der Waals surface area contributed by atoms with E-state index < -0.39 is 30.3 Å². The van der Waals surface area contributed by atoms with E-state index in [1.54, 1.807) is 6.07 Å². The zero-order valence-corrected chi connectivity index (χ0v) is 20.2. The minimum absolute atomic E-state index is 0.196. The maximum Gasteiger partial charge on any atom is 0.338 e. The molecule has 0 radical (unpaired) electrons. The summed E-state index contributed by atoms with van der Waals surface area (Å²) in [7, 11) is 0. The Morgan fingerprint density at radius 2 is 1.56 bits per heavy atom. The molecule has 0 aromatic heterocycles. The van der Waals surface area contributed by atoms with Gasteiger partial charge in [-0.05, 0) is 68.1 Å². The molecular weight excluding hydrogens is 479 g/mol. The minimum Gasteiger partial charge on any atom is -0.452 e. The van der Waals surface area contributed by atoms with E-state index in [2.05, 4.69) is 5.32 Å². The highest BCUT2D eigenvalue weighted by molar-refractivity contribution is 6.31. The van der Waals surface area contributed by atoms with Crippen molar-refractivity contribution in [3.05, 3.63) is 59.2 Å². The first-order valence-corrected chi connectivity index (χ1v) is 11.8. The largest absolute Gasteiger partial charge is 0.452 e. The van der Waals surface area contributed by atoms with Gasteiger partial charge in [-0.3, -0.25) is 19.3 Å². The van der Waals surface area contributed by atoms with Gasteiger partial charge in [0.1, 0.15) is 0 Å². The zero-order chi connectivity index (χ0) is 24.6. The Labute approximate surface area is 207 Å². The standard InChI is InChI=1S/C25H24Cl2N2O5/c1-13-4-3-5-21(14(13)2)28-22(30)12-34-25(33)15-6-8-16(9-7-15)29-23(31)17-10-19(26)20(27)11-18(17)24(29)32/h3-9,17-20H,10-12H2,1-2H3,(H,28,30)/t17-,18+,19+,20-. The number of rotatable bonds is 5. The summed E-state index contributed by atoms with van der Waals surface area (Å²) in [5.41, 5.74) is 3.19. The van der Waals surface area contributed by atoms with Crippen molar-refractivity contribution in [3.63, 3.8) is 0 Å². The summed E-state index contributed by atoms with van der Waals surface area (Å²) < 4.78 is 5.11. The second-order valence-corrected chi connectivity index (χ2v) is 9.77. The van der Waals surface area contributed by atoms with Crippen LogP contribution in [0.1, 0.15) is 34.3 Å². The van der Waals surface area contributed by atoms with Crippen LogP contribution in [0.2, 0.25) is 0 Å². The number of anilines is 2.